The van der Waals surface area contributed by atoms with Gasteiger partial charge in [-0.1, -0.05) is 6.92 Å². The molecule has 0 fully saturated rings. The topological polar surface area (TPSA) is 119 Å². The van der Waals surface area contributed by atoms with Gasteiger partial charge in [0.15, 0.2) is 9.84 Å². The van der Waals surface area contributed by atoms with Crippen molar-refractivity contribution in [2.45, 2.75) is 26.8 Å². The van der Waals surface area contributed by atoms with Gasteiger partial charge in [-0.05, 0) is 16.8 Å². The zero-order valence-corrected chi connectivity index (χ0v) is 11.5. The first-order valence-corrected chi connectivity index (χ1v) is 7.52. The molecule has 104 valence electrons. The third-order valence-corrected chi connectivity index (χ3v) is 4.41. The molecule has 0 saturated carbocycles. The highest BCUT2D eigenvalue weighted by Crippen LogP contribution is 2.19. The van der Waals surface area contributed by atoms with Crippen LogP contribution < -0.4 is 0 Å². The smallest absolute Gasteiger partial charge is 0.358 e. The van der Waals surface area contributed by atoms with E-state index in [1.165, 1.54) is 11.5 Å². The van der Waals surface area contributed by atoms with Crippen molar-refractivity contribution in [2.75, 3.05) is 11.5 Å². The fourth-order valence-electron chi connectivity index (χ4n) is 1.65. The Bertz CT molecular complexity index is 627. The third-order valence-electron chi connectivity index (χ3n) is 2.70. The highest BCUT2D eigenvalue weighted by molar-refractivity contribution is 7.91. The number of hydrogen-bond donors (Lipinski definition) is 0. The minimum Gasteiger partial charge on any atom is -0.358 e. The second kappa shape index (κ2) is 5.79. The molecule has 0 aromatic carbocycles. The maximum Gasteiger partial charge on any atom is 0.400 e. The van der Waals surface area contributed by atoms with Crippen LogP contribution in [-0.4, -0.2) is 34.4 Å². The Balaban J connectivity index is 3.16. The van der Waals surface area contributed by atoms with Gasteiger partial charge in [-0.25, -0.2) is 8.42 Å². The zero-order chi connectivity index (χ0) is 14.6. The Labute approximate surface area is 110 Å². The Morgan fingerprint density at radius 2 is 2.11 bits per heavy atom. The number of aromatic nitrogens is 2. The van der Waals surface area contributed by atoms with Gasteiger partial charge in [0, 0.05) is 18.7 Å². The van der Waals surface area contributed by atoms with Crippen LogP contribution in [0, 0.1) is 21.4 Å². The first-order valence-electron chi connectivity index (χ1n) is 5.70. The molecule has 1 aromatic heterocycles. The first-order chi connectivity index (χ1) is 8.86. The Morgan fingerprint density at radius 3 is 2.53 bits per heavy atom. The van der Waals surface area contributed by atoms with Gasteiger partial charge < -0.3 is 10.1 Å². The van der Waals surface area contributed by atoms with Gasteiger partial charge in [0.25, 0.3) is 0 Å². The van der Waals surface area contributed by atoms with Crippen LogP contribution in [-0.2, 0) is 22.8 Å². The summed E-state index contributed by atoms with van der Waals surface area (Å²) in [4.78, 5) is 13.8. The third kappa shape index (κ3) is 3.29. The van der Waals surface area contributed by atoms with Crippen molar-refractivity contribution in [3.8, 4) is 6.07 Å². The average Bonchev–Trinajstić information content (AvgIpc) is 2.74. The molecule has 8 nitrogen and oxygen atoms in total. The van der Waals surface area contributed by atoms with Gasteiger partial charge in [0.2, 0.25) is 11.5 Å². The molecule has 1 aromatic rings. The van der Waals surface area contributed by atoms with E-state index >= 15 is 0 Å². The van der Waals surface area contributed by atoms with Crippen LogP contribution in [0.4, 0.5) is 5.82 Å². The summed E-state index contributed by atoms with van der Waals surface area (Å²) in [6, 6.07) is 1.74. The summed E-state index contributed by atoms with van der Waals surface area (Å²) in [7, 11) is -3.18. The molecule has 0 unspecified atom stereocenters. The van der Waals surface area contributed by atoms with Crippen molar-refractivity contribution in [3.63, 3.8) is 0 Å². The molecule has 0 saturated heterocycles. The molecule has 0 atom stereocenters. The molecule has 0 aliphatic carbocycles. The summed E-state index contributed by atoms with van der Waals surface area (Å²) < 4.78 is 24.2. The van der Waals surface area contributed by atoms with Gasteiger partial charge in [0.05, 0.1) is 5.75 Å². The van der Waals surface area contributed by atoms with Crippen LogP contribution in [0.25, 0.3) is 0 Å². The number of nitro groups is 1. The Morgan fingerprint density at radius 1 is 1.47 bits per heavy atom. The van der Waals surface area contributed by atoms with Crippen molar-refractivity contribution in [1.82, 2.24) is 9.55 Å². The zero-order valence-electron chi connectivity index (χ0n) is 10.7. The van der Waals surface area contributed by atoms with E-state index in [1.54, 1.807) is 13.0 Å². The molecule has 0 spiro atoms. The molecular weight excluding hydrogens is 272 g/mol. The van der Waals surface area contributed by atoms with Crippen molar-refractivity contribution >= 4 is 15.7 Å². The fourth-order valence-corrected chi connectivity index (χ4v) is 2.43. The normalized spacial score (nSPS) is 11.2. The largest absolute Gasteiger partial charge is 0.400 e. The monoisotopic (exact) mass is 286 g/mol. The average molecular weight is 286 g/mol. The second-order valence-electron chi connectivity index (χ2n) is 3.80. The van der Waals surface area contributed by atoms with Crippen molar-refractivity contribution in [3.05, 3.63) is 21.6 Å². The summed E-state index contributed by atoms with van der Waals surface area (Å²) in [6.45, 7) is 3.57. The second-order valence-corrected chi connectivity index (χ2v) is 6.27. The highest BCUT2D eigenvalue weighted by atomic mass is 32.2. The molecule has 9 heteroatoms. The van der Waals surface area contributed by atoms with E-state index in [2.05, 4.69) is 4.98 Å². The van der Waals surface area contributed by atoms with Crippen LogP contribution in [0.3, 0.4) is 0 Å². The number of nitriles is 1. The summed E-state index contributed by atoms with van der Waals surface area (Å²) >= 11 is 0. The van der Waals surface area contributed by atoms with Gasteiger partial charge in [0.1, 0.15) is 6.07 Å². The maximum atomic E-state index is 11.4. The minimum atomic E-state index is -3.18. The summed E-state index contributed by atoms with van der Waals surface area (Å²) in [6.07, 6.45) is 0.0620. The number of hydrogen-bond acceptors (Lipinski definition) is 6. The van der Waals surface area contributed by atoms with E-state index in [1.807, 2.05) is 0 Å². The van der Waals surface area contributed by atoms with E-state index in [0.29, 0.717) is 6.54 Å². The van der Waals surface area contributed by atoms with Crippen molar-refractivity contribution in [1.29, 1.82) is 5.26 Å². The van der Waals surface area contributed by atoms with Crippen LogP contribution in [0.2, 0.25) is 0 Å². The van der Waals surface area contributed by atoms with Crippen LogP contribution >= 0.6 is 0 Å². The maximum absolute atomic E-state index is 11.4. The lowest BCUT2D eigenvalue weighted by atomic mass is 10.4. The summed E-state index contributed by atoms with van der Waals surface area (Å²) in [5.41, 5.74) is -0.142. The van der Waals surface area contributed by atoms with Crippen LogP contribution in [0.15, 0.2) is 0 Å². The predicted molar refractivity (Wildman–Crippen MR) is 67.3 cm³/mol. The molecule has 0 aliphatic rings. The molecule has 0 bridgehead atoms. The molecule has 0 amide bonds. The lowest BCUT2D eigenvalue weighted by Crippen LogP contribution is -2.14. The summed E-state index contributed by atoms with van der Waals surface area (Å²) in [5.74, 6) is -0.397. The minimum absolute atomic E-state index is 0.00698. The molecule has 0 N–H and O–H groups in total. The summed E-state index contributed by atoms with van der Waals surface area (Å²) in [5, 5.41) is 19.7. The molecule has 1 rings (SSSR count). The first kappa shape index (κ1) is 15.1. The lowest BCUT2D eigenvalue weighted by molar-refractivity contribution is -0.389. The number of imidazole rings is 1. The van der Waals surface area contributed by atoms with E-state index in [4.69, 9.17) is 5.26 Å². The van der Waals surface area contributed by atoms with Crippen molar-refractivity contribution in [2.24, 2.45) is 0 Å². The van der Waals surface area contributed by atoms with E-state index in [0.717, 1.165) is 0 Å². The molecule has 0 aliphatic heterocycles. The van der Waals surface area contributed by atoms with E-state index < -0.39 is 20.6 Å². The van der Waals surface area contributed by atoms with E-state index in [-0.39, 0.29) is 29.4 Å². The number of aryl methyl sites for hydroxylation is 1. The van der Waals surface area contributed by atoms with Crippen molar-refractivity contribution < 1.29 is 13.3 Å². The van der Waals surface area contributed by atoms with Crippen LogP contribution in [0.5, 0.6) is 0 Å². The molecular formula is C10H14N4O4S. The van der Waals surface area contributed by atoms with Gasteiger partial charge in [-0.2, -0.15) is 5.26 Å². The lowest BCUT2D eigenvalue weighted by Gasteiger charge is -2.02. The molecule has 19 heavy (non-hydrogen) atoms. The van der Waals surface area contributed by atoms with Crippen LogP contribution in [0.1, 0.15) is 25.4 Å². The van der Waals surface area contributed by atoms with Gasteiger partial charge >= 0.3 is 5.82 Å². The Hall–Kier alpha value is -1.95. The molecule has 1 heterocycles. The SMILES string of the molecule is CCn1c(CCS(=O)(=O)CC)nc([N+](=O)[O-])c1C#N. The molecule has 0 radical (unpaired) electrons. The highest BCUT2D eigenvalue weighted by Gasteiger charge is 2.27. The number of rotatable bonds is 6. The Kier molecular flexibility index (Phi) is 4.61. The number of nitrogens with zero attached hydrogens (tertiary/aromatic N) is 4. The number of sulfone groups is 1. The van der Waals surface area contributed by atoms with Gasteiger partial charge in [-0.15, -0.1) is 0 Å². The quantitative estimate of drug-likeness (QED) is 0.559. The fraction of sp³-hybridized carbons (Fsp3) is 0.600. The van der Waals surface area contributed by atoms with Gasteiger partial charge in [-0.3, -0.25) is 4.57 Å². The standard InChI is InChI=1S/C10H14N4O4S/c1-3-13-8(7-11)10(14(15)16)12-9(13)5-6-19(17,18)4-2/h3-6H2,1-2H3. The van der Waals surface area contributed by atoms with E-state index in [9.17, 15) is 18.5 Å². The predicted octanol–water partition coefficient (Wildman–Crippen LogP) is 0.660.